The van der Waals surface area contributed by atoms with Gasteiger partial charge in [-0.25, -0.2) is 4.79 Å². The van der Waals surface area contributed by atoms with Gasteiger partial charge in [0.15, 0.2) is 0 Å². The van der Waals surface area contributed by atoms with E-state index in [1.165, 1.54) is 0 Å². The second-order valence-electron chi connectivity index (χ2n) is 3.23. The first-order valence-corrected chi connectivity index (χ1v) is 5.99. The highest BCUT2D eigenvalue weighted by atomic mass is 32.2. The maximum atomic E-state index is 11.6. The summed E-state index contributed by atoms with van der Waals surface area (Å²) in [5, 5.41) is 0. The van der Waals surface area contributed by atoms with Crippen LogP contribution in [-0.4, -0.2) is 25.1 Å². The molecule has 80 valence electrons. The average Bonchev–Trinajstić information content (AvgIpc) is 2.23. The van der Waals surface area contributed by atoms with Crippen LogP contribution in [0.1, 0.15) is 16.8 Å². The Morgan fingerprint density at radius 1 is 1.60 bits per heavy atom. The summed E-state index contributed by atoms with van der Waals surface area (Å²) >= 11 is 1.60. The maximum Gasteiger partial charge on any atom is 0.340 e. The van der Waals surface area contributed by atoms with E-state index in [0.717, 1.165) is 11.3 Å². The van der Waals surface area contributed by atoms with Gasteiger partial charge in [0.2, 0.25) is 6.29 Å². The zero-order chi connectivity index (χ0) is 10.7. The largest absolute Gasteiger partial charge is 0.432 e. The number of carbonyl (C=O) groups excluding carboxylic acids is 1. The van der Waals surface area contributed by atoms with Crippen LogP contribution in [0.25, 0.3) is 0 Å². The quantitative estimate of drug-likeness (QED) is 0.583. The van der Waals surface area contributed by atoms with Gasteiger partial charge >= 0.3 is 5.97 Å². The van der Waals surface area contributed by atoms with Crippen molar-refractivity contribution in [1.82, 2.24) is 0 Å². The summed E-state index contributed by atoms with van der Waals surface area (Å²) in [4.78, 5) is 12.7. The van der Waals surface area contributed by atoms with Crippen LogP contribution in [0.15, 0.2) is 29.2 Å². The molecule has 0 aromatic heterocycles. The number of thioether (sulfide) groups is 1. The van der Waals surface area contributed by atoms with E-state index < -0.39 is 0 Å². The van der Waals surface area contributed by atoms with Crippen LogP contribution in [0, 0.1) is 0 Å². The van der Waals surface area contributed by atoms with Crippen LogP contribution in [-0.2, 0) is 9.47 Å². The molecule has 0 bridgehead atoms. The molecule has 15 heavy (non-hydrogen) atoms. The van der Waals surface area contributed by atoms with Crippen LogP contribution in [0.3, 0.4) is 0 Å². The third-order valence-corrected chi connectivity index (χ3v) is 2.93. The molecule has 4 heteroatoms. The monoisotopic (exact) mass is 224 g/mol. The minimum atomic E-state index is -0.338. The van der Waals surface area contributed by atoms with Crippen LogP contribution in [0.4, 0.5) is 0 Å². The molecule has 2 rings (SSSR count). The molecule has 1 aromatic carbocycles. The molecule has 1 heterocycles. The average molecular weight is 224 g/mol. The third kappa shape index (κ3) is 2.52. The topological polar surface area (TPSA) is 35.5 Å². The Bertz CT molecular complexity index is 361. The van der Waals surface area contributed by atoms with Gasteiger partial charge in [-0.15, -0.1) is 11.8 Å². The van der Waals surface area contributed by atoms with Crippen molar-refractivity contribution in [2.75, 3.05) is 12.9 Å². The molecule has 3 nitrogen and oxygen atoms in total. The van der Waals surface area contributed by atoms with E-state index in [0.29, 0.717) is 12.2 Å². The molecule has 1 atom stereocenters. The van der Waals surface area contributed by atoms with E-state index in [4.69, 9.17) is 9.47 Å². The lowest BCUT2D eigenvalue weighted by atomic mass is 10.2. The van der Waals surface area contributed by atoms with E-state index in [1.807, 2.05) is 24.5 Å². The Morgan fingerprint density at radius 2 is 2.40 bits per heavy atom. The van der Waals surface area contributed by atoms with Gasteiger partial charge in [-0.3, -0.25) is 0 Å². The Balaban J connectivity index is 2.03. The standard InChI is InChI=1S/C11H12O3S/c1-15-9-4-2-3-8(7-9)11(12)14-10-5-6-13-10/h2-4,7,10H,5-6H2,1H3. The summed E-state index contributed by atoms with van der Waals surface area (Å²) in [5.41, 5.74) is 0.581. The molecular formula is C11H12O3S. The smallest absolute Gasteiger partial charge is 0.340 e. The van der Waals surface area contributed by atoms with Crippen molar-refractivity contribution in [3.05, 3.63) is 29.8 Å². The molecule has 1 aliphatic heterocycles. The van der Waals surface area contributed by atoms with Crippen molar-refractivity contribution >= 4 is 17.7 Å². The van der Waals surface area contributed by atoms with E-state index in [2.05, 4.69) is 0 Å². The zero-order valence-corrected chi connectivity index (χ0v) is 9.25. The zero-order valence-electron chi connectivity index (χ0n) is 8.43. The minimum Gasteiger partial charge on any atom is -0.432 e. The van der Waals surface area contributed by atoms with Crippen molar-refractivity contribution < 1.29 is 14.3 Å². The van der Waals surface area contributed by atoms with Gasteiger partial charge in [-0.2, -0.15) is 0 Å². The first-order chi connectivity index (χ1) is 7.29. The summed E-state index contributed by atoms with van der Waals surface area (Å²) in [6, 6.07) is 7.39. The second kappa shape index (κ2) is 4.68. The van der Waals surface area contributed by atoms with Gasteiger partial charge < -0.3 is 9.47 Å². The van der Waals surface area contributed by atoms with Gasteiger partial charge in [0.05, 0.1) is 12.2 Å². The molecule has 0 saturated carbocycles. The SMILES string of the molecule is CSc1cccc(C(=O)OC2CCO2)c1. The minimum absolute atomic E-state index is 0.310. The number of hydrogen-bond acceptors (Lipinski definition) is 4. The lowest BCUT2D eigenvalue weighted by Gasteiger charge is -2.25. The van der Waals surface area contributed by atoms with Crippen LogP contribution in [0.2, 0.25) is 0 Å². The van der Waals surface area contributed by atoms with E-state index in [9.17, 15) is 4.79 Å². The molecule has 1 aromatic rings. The first kappa shape index (κ1) is 10.5. The van der Waals surface area contributed by atoms with Crippen LogP contribution in [0.5, 0.6) is 0 Å². The third-order valence-electron chi connectivity index (χ3n) is 2.20. The number of hydrogen-bond donors (Lipinski definition) is 0. The number of rotatable bonds is 3. The highest BCUT2D eigenvalue weighted by Crippen LogP contribution is 2.19. The normalized spacial score (nSPS) is 19.4. The number of esters is 1. The fourth-order valence-corrected chi connectivity index (χ4v) is 1.70. The van der Waals surface area contributed by atoms with Crippen molar-refractivity contribution in [1.29, 1.82) is 0 Å². The highest BCUT2D eigenvalue weighted by molar-refractivity contribution is 7.98. The molecule has 1 fully saturated rings. The molecular weight excluding hydrogens is 212 g/mol. The van der Waals surface area contributed by atoms with Gasteiger partial charge in [-0.05, 0) is 24.5 Å². The molecule has 1 aliphatic rings. The summed E-state index contributed by atoms with van der Waals surface area (Å²) in [7, 11) is 0. The maximum absolute atomic E-state index is 11.6. The number of ether oxygens (including phenoxy) is 2. The van der Waals surface area contributed by atoms with Gasteiger partial charge in [0, 0.05) is 11.3 Å². The predicted molar refractivity (Wildman–Crippen MR) is 58.0 cm³/mol. The fraction of sp³-hybridized carbons (Fsp3) is 0.364. The molecule has 0 radical (unpaired) electrons. The number of benzene rings is 1. The molecule has 0 aliphatic carbocycles. The van der Waals surface area contributed by atoms with Gasteiger partial charge in [0.1, 0.15) is 0 Å². The van der Waals surface area contributed by atoms with E-state index in [1.54, 1.807) is 17.8 Å². The molecule has 0 N–H and O–H groups in total. The molecule has 1 saturated heterocycles. The van der Waals surface area contributed by atoms with Gasteiger partial charge in [0.25, 0.3) is 0 Å². The Hall–Kier alpha value is -1.00. The van der Waals surface area contributed by atoms with E-state index >= 15 is 0 Å². The van der Waals surface area contributed by atoms with Crippen LogP contribution >= 0.6 is 11.8 Å². The van der Waals surface area contributed by atoms with Crippen molar-refractivity contribution in [3.8, 4) is 0 Å². The first-order valence-electron chi connectivity index (χ1n) is 4.76. The molecule has 0 spiro atoms. The van der Waals surface area contributed by atoms with Crippen molar-refractivity contribution in [2.24, 2.45) is 0 Å². The summed E-state index contributed by atoms with van der Waals surface area (Å²) < 4.78 is 10.1. The number of carbonyl (C=O) groups is 1. The summed E-state index contributed by atoms with van der Waals surface area (Å²) in [6.07, 6.45) is 2.43. The second-order valence-corrected chi connectivity index (χ2v) is 4.11. The fourth-order valence-electron chi connectivity index (χ4n) is 1.24. The Morgan fingerprint density at radius 3 is 3.00 bits per heavy atom. The van der Waals surface area contributed by atoms with Crippen LogP contribution < -0.4 is 0 Å². The lowest BCUT2D eigenvalue weighted by Crippen LogP contribution is -2.31. The Kier molecular flexibility index (Phi) is 3.28. The highest BCUT2D eigenvalue weighted by Gasteiger charge is 2.23. The lowest BCUT2D eigenvalue weighted by molar-refractivity contribution is -0.184. The van der Waals surface area contributed by atoms with Crippen molar-refractivity contribution in [3.63, 3.8) is 0 Å². The Labute approximate surface area is 92.8 Å². The van der Waals surface area contributed by atoms with Crippen molar-refractivity contribution in [2.45, 2.75) is 17.6 Å². The van der Waals surface area contributed by atoms with Gasteiger partial charge in [-0.1, -0.05) is 6.07 Å². The molecule has 1 unspecified atom stereocenters. The molecule has 0 amide bonds. The summed E-state index contributed by atoms with van der Waals surface area (Å²) in [5.74, 6) is -0.310. The predicted octanol–water partition coefficient (Wildman–Crippen LogP) is 2.31. The summed E-state index contributed by atoms with van der Waals surface area (Å²) in [6.45, 7) is 0.683. The van der Waals surface area contributed by atoms with E-state index in [-0.39, 0.29) is 12.3 Å².